The molecule has 0 saturated carbocycles. The van der Waals surface area contributed by atoms with Gasteiger partial charge in [-0.25, -0.2) is 19.9 Å². The number of benzene rings is 4. The van der Waals surface area contributed by atoms with Gasteiger partial charge < -0.3 is 23.4 Å². The van der Waals surface area contributed by atoms with Gasteiger partial charge in [0, 0.05) is 26.2 Å². The van der Waals surface area contributed by atoms with Crippen molar-refractivity contribution in [3.05, 3.63) is 97.1 Å². The molecule has 0 spiro atoms. The van der Waals surface area contributed by atoms with Crippen LogP contribution in [0.15, 0.2) is 97.1 Å². The van der Waals surface area contributed by atoms with Crippen LogP contribution >= 0.6 is 0 Å². The van der Waals surface area contributed by atoms with Crippen molar-refractivity contribution in [2.75, 3.05) is 22.9 Å². The van der Waals surface area contributed by atoms with Crippen LogP contribution in [0.1, 0.15) is 27.7 Å². The Morgan fingerprint density at radius 3 is 0.920 bits per heavy atom. The molecule has 0 aliphatic heterocycles. The highest BCUT2D eigenvalue weighted by Crippen LogP contribution is 2.34. The fourth-order valence-corrected chi connectivity index (χ4v) is 7.31. The van der Waals surface area contributed by atoms with E-state index in [1.54, 1.807) is 0 Å². The average Bonchev–Trinajstić information content (AvgIpc) is 3.92. The Balaban J connectivity index is 1.27. The van der Waals surface area contributed by atoms with Gasteiger partial charge in [0.1, 0.15) is 0 Å². The molecule has 8 aromatic rings. The predicted octanol–water partition coefficient (Wildman–Crippen LogP) is 7.50. The van der Waals surface area contributed by atoms with Crippen LogP contribution < -0.4 is 9.80 Å². The summed E-state index contributed by atoms with van der Waals surface area (Å²) in [5, 5.41) is 12.4. The second kappa shape index (κ2) is 13.0. The highest BCUT2D eigenvalue weighted by molar-refractivity contribution is 5.84. The van der Waals surface area contributed by atoms with E-state index in [0.29, 0.717) is 26.2 Å². The number of hydrogen-bond acceptors (Lipinski definition) is 7. The molecule has 0 amide bonds. The number of anilines is 4. The molecule has 0 aliphatic carbocycles. The summed E-state index contributed by atoms with van der Waals surface area (Å²) in [5.41, 5.74) is 7.77. The number of aliphatic hydroxyl groups excluding tert-OH is 1. The molecule has 1 N–H and O–H groups in total. The van der Waals surface area contributed by atoms with Gasteiger partial charge in [0.25, 0.3) is 0 Å². The molecule has 8 rings (SSSR count). The van der Waals surface area contributed by atoms with Gasteiger partial charge in [-0.2, -0.15) is 0 Å². The van der Waals surface area contributed by atoms with E-state index in [2.05, 4.69) is 80.0 Å². The van der Waals surface area contributed by atoms with E-state index in [1.165, 1.54) is 0 Å². The van der Waals surface area contributed by atoms with Crippen molar-refractivity contribution in [1.82, 2.24) is 38.2 Å². The molecule has 0 bridgehead atoms. The number of rotatable bonds is 12. The van der Waals surface area contributed by atoms with Crippen molar-refractivity contribution >= 4 is 67.9 Å². The summed E-state index contributed by atoms with van der Waals surface area (Å²) in [6, 6.07) is 32.7. The number of aliphatic hydroxyl groups is 1. The van der Waals surface area contributed by atoms with Gasteiger partial charge in [-0.3, -0.25) is 9.80 Å². The smallest absolute Gasteiger partial charge is 0.213 e. The average molecular weight is 667 g/mol. The number of fused-ring (bicyclic) bond motifs is 4. The van der Waals surface area contributed by atoms with Crippen LogP contribution in [-0.4, -0.2) is 62.5 Å². The molecule has 4 aromatic heterocycles. The lowest BCUT2D eigenvalue weighted by Gasteiger charge is -2.30. The van der Waals surface area contributed by atoms with Crippen LogP contribution in [0, 0.1) is 0 Å². The number of aryl methyl sites for hydroxylation is 4. The molecule has 0 aliphatic rings. The summed E-state index contributed by atoms with van der Waals surface area (Å²) in [6.07, 6.45) is -0.861. The topological polar surface area (TPSA) is 98.0 Å². The summed E-state index contributed by atoms with van der Waals surface area (Å²) >= 11 is 0. The van der Waals surface area contributed by atoms with Crippen molar-refractivity contribution in [2.24, 2.45) is 0 Å². The SMILES string of the molecule is CCn1c(N(CC(O)CN(c2nc3ccccc3n2CC)c2nc3ccccc3n2CC)c2nc3ccccc3n2CC)nc2ccccc21. The minimum Gasteiger partial charge on any atom is -0.389 e. The third-order valence-electron chi connectivity index (χ3n) is 9.55. The van der Waals surface area contributed by atoms with Crippen molar-refractivity contribution in [1.29, 1.82) is 0 Å². The Labute approximate surface area is 290 Å². The van der Waals surface area contributed by atoms with Crippen molar-refractivity contribution in [3.8, 4) is 0 Å². The Kier molecular flexibility index (Phi) is 8.20. The largest absolute Gasteiger partial charge is 0.389 e. The van der Waals surface area contributed by atoms with Crippen LogP contribution in [0.2, 0.25) is 0 Å². The second-order valence-electron chi connectivity index (χ2n) is 12.5. The van der Waals surface area contributed by atoms with Gasteiger partial charge >= 0.3 is 0 Å². The quantitative estimate of drug-likeness (QED) is 0.144. The lowest BCUT2D eigenvalue weighted by Crippen LogP contribution is -2.40. The maximum absolute atomic E-state index is 12.4. The maximum Gasteiger partial charge on any atom is 0.213 e. The minimum atomic E-state index is -0.861. The molecule has 0 atom stereocenters. The first-order valence-electron chi connectivity index (χ1n) is 17.6. The molecule has 50 heavy (non-hydrogen) atoms. The van der Waals surface area contributed by atoms with E-state index >= 15 is 0 Å². The maximum atomic E-state index is 12.4. The number of aromatic nitrogens is 8. The van der Waals surface area contributed by atoms with Gasteiger partial charge in [-0.05, 0) is 76.2 Å². The van der Waals surface area contributed by atoms with Crippen LogP contribution in [0.4, 0.5) is 23.8 Å². The monoisotopic (exact) mass is 666 g/mol. The molecular weight excluding hydrogens is 624 g/mol. The van der Waals surface area contributed by atoms with Crippen LogP contribution in [-0.2, 0) is 26.2 Å². The summed E-state index contributed by atoms with van der Waals surface area (Å²) in [7, 11) is 0. The van der Waals surface area contributed by atoms with E-state index in [9.17, 15) is 5.11 Å². The zero-order valence-corrected chi connectivity index (χ0v) is 29.0. The summed E-state index contributed by atoms with van der Waals surface area (Å²) in [6.45, 7) is 11.8. The van der Waals surface area contributed by atoms with Crippen molar-refractivity contribution < 1.29 is 5.11 Å². The zero-order valence-electron chi connectivity index (χ0n) is 29.0. The lowest BCUT2D eigenvalue weighted by atomic mass is 10.3. The summed E-state index contributed by atoms with van der Waals surface area (Å²) in [5.74, 6) is 2.97. The van der Waals surface area contributed by atoms with Crippen molar-refractivity contribution in [2.45, 2.75) is 60.0 Å². The third-order valence-corrected chi connectivity index (χ3v) is 9.55. The van der Waals surface area contributed by atoms with Crippen LogP contribution in [0.25, 0.3) is 44.1 Å². The first-order valence-corrected chi connectivity index (χ1v) is 17.6. The Morgan fingerprint density at radius 1 is 0.440 bits per heavy atom. The standard InChI is InChI=1S/C39H42N10O/c1-5-44-32-21-13-9-17-28(32)40-36(44)48(37-41-29-18-10-14-22-33(29)45(37)6-2)25-27(50)26-49(38-42-30-19-11-15-23-34(30)46(38)7-3)39-43-31-20-12-16-24-35(31)47(39)8-4/h9-24,27,50H,5-8,25-26H2,1-4H3. The molecule has 4 aromatic carbocycles. The number of hydrogen-bond donors (Lipinski definition) is 1. The Hall–Kier alpha value is -5.68. The molecule has 4 heterocycles. The van der Waals surface area contributed by atoms with Crippen LogP contribution in [0.3, 0.4) is 0 Å². The molecule has 11 nitrogen and oxygen atoms in total. The Morgan fingerprint density at radius 2 is 0.680 bits per heavy atom. The van der Waals surface area contributed by atoms with Gasteiger partial charge in [0.15, 0.2) is 0 Å². The van der Waals surface area contributed by atoms with Gasteiger partial charge in [0.2, 0.25) is 23.8 Å². The molecular formula is C39H42N10O. The molecule has 11 heteroatoms. The third kappa shape index (κ3) is 5.16. The Bertz CT molecular complexity index is 2120. The first-order chi connectivity index (χ1) is 24.5. The molecule has 0 fully saturated rings. The highest BCUT2D eigenvalue weighted by Gasteiger charge is 2.30. The minimum absolute atomic E-state index is 0.238. The van der Waals surface area contributed by atoms with Crippen molar-refractivity contribution in [3.63, 3.8) is 0 Å². The fraction of sp³-hybridized carbons (Fsp3) is 0.282. The van der Waals surface area contributed by atoms with E-state index in [0.717, 1.165) is 67.9 Å². The highest BCUT2D eigenvalue weighted by atomic mass is 16.3. The van der Waals surface area contributed by atoms with E-state index in [1.807, 2.05) is 72.8 Å². The second-order valence-corrected chi connectivity index (χ2v) is 12.5. The van der Waals surface area contributed by atoms with Gasteiger partial charge in [-0.15, -0.1) is 0 Å². The number of nitrogens with zero attached hydrogens (tertiary/aromatic N) is 10. The van der Waals surface area contributed by atoms with Crippen LogP contribution in [0.5, 0.6) is 0 Å². The van der Waals surface area contributed by atoms with E-state index < -0.39 is 6.10 Å². The lowest BCUT2D eigenvalue weighted by molar-refractivity contribution is 0.188. The molecule has 0 radical (unpaired) electrons. The fourth-order valence-electron chi connectivity index (χ4n) is 7.31. The first kappa shape index (κ1) is 31.6. The zero-order chi connectivity index (χ0) is 34.4. The number of para-hydroxylation sites is 8. The predicted molar refractivity (Wildman–Crippen MR) is 202 cm³/mol. The molecule has 254 valence electrons. The van der Waals surface area contributed by atoms with Gasteiger partial charge in [0.05, 0.1) is 63.3 Å². The normalized spacial score (nSPS) is 12.0. The summed E-state index contributed by atoms with van der Waals surface area (Å²) in [4.78, 5) is 24.7. The van der Waals surface area contributed by atoms with E-state index in [-0.39, 0.29) is 13.1 Å². The van der Waals surface area contributed by atoms with E-state index in [4.69, 9.17) is 19.9 Å². The molecule has 0 unspecified atom stereocenters. The van der Waals surface area contributed by atoms with Gasteiger partial charge in [-0.1, -0.05) is 48.5 Å². The molecule has 0 saturated heterocycles. The summed E-state index contributed by atoms with van der Waals surface area (Å²) < 4.78 is 8.80. The number of imidazole rings is 4.